The number of aromatic nitrogens is 2. The van der Waals surface area contributed by atoms with E-state index in [2.05, 4.69) is 15.5 Å². The van der Waals surface area contributed by atoms with Crippen LogP contribution in [0.4, 0.5) is 5.13 Å². The van der Waals surface area contributed by atoms with Gasteiger partial charge in [-0.25, -0.2) is 0 Å². The second-order valence-electron chi connectivity index (χ2n) is 3.28. The number of nitriles is 1. The van der Waals surface area contributed by atoms with Crippen LogP contribution >= 0.6 is 11.3 Å². The molecule has 1 amide bonds. The minimum absolute atomic E-state index is 0.170. The minimum Gasteiger partial charge on any atom is -0.300 e. The van der Waals surface area contributed by atoms with Gasteiger partial charge in [0.25, 0.3) is 0 Å². The number of carbonyl (C=O) groups excluding carboxylic acids is 1. The van der Waals surface area contributed by atoms with Gasteiger partial charge >= 0.3 is 0 Å². The van der Waals surface area contributed by atoms with Crippen molar-refractivity contribution in [1.29, 1.82) is 5.26 Å². The zero-order chi connectivity index (χ0) is 12.1. The maximum absolute atomic E-state index is 11.6. The lowest BCUT2D eigenvalue weighted by Gasteiger charge is -2.01. The molecule has 6 heteroatoms. The van der Waals surface area contributed by atoms with Crippen molar-refractivity contribution in [2.24, 2.45) is 0 Å². The molecule has 0 aliphatic carbocycles. The van der Waals surface area contributed by atoms with Crippen molar-refractivity contribution >= 4 is 22.4 Å². The summed E-state index contributed by atoms with van der Waals surface area (Å²) in [7, 11) is 0. The van der Waals surface area contributed by atoms with E-state index >= 15 is 0 Å². The molecule has 0 fully saturated rings. The van der Waals surface area contributed by atoms with Crippen LogP contribution in [0.2, 0.25) is 0 Å². The van der Waals surface area contributed by atoms with Crippen LogP contribution in [0.15, 0.2) is 29.8 Å². The fourth-order valence-electron chi connectivity index (χ4n) is 1.33. The average molecular weight is 244 g/mol. The molecule has 0 saturated carbocycles. The topological polar surface area (TPSA) is 78.7 Å². The Labute approximate surface area is 102 Å². The molecule has 0 spiro atoms. The van der Waals surface area contributed by atoms with E-state index < -0.39 is 0 Å². The summed E-state index contributed by atoms with van der Waals surface area (Å²) in [5, 5.41) is 19.2. The van der Waals surface area contributed by atoms with E-state index in [1.54, 1.807) is 29.8 Å². The lowest BCUT2D eigenvalue weighted by atomic mass is 10.1. The number of amides is 1. The molecular weight excluding hydrogens is 236 g/mol. The van der Waals surface area contributed by atoms with Crippen molar-refractivity contribution in [3.8, 4) is 6.07 Å². The first-order valence-corrected chi connectivity index (χ1v) is 5.71. The quantitative estimate of drug-likeness (QED) is 0.889. The standard InChI is InChI=1S/C11H8N4OS/c12-6-9-3-1-2-8(4-9)5-10(16)14-11-15-13-7-17-11/h1-4,7H,5H2,(H,14,15,16). The number of carbonyl (C=O) groups is 1. The zero-order valence-electron chi connectivity index (χ0n) is 8.75. The van der Waals surface area contributed by atoms with Gasteiger partial charge in [-0.1, -0.05) is 23.5 Å². The zero-order valence-corrected chi connectivity index (χ0v) is 9.57. The SMILES string of the molecule is N#Cc1cccc(CC(=O)Nc2nncs2)c1. The van der Waals surface area contributed by atoms with Gasteiger partial charge in [-0.2, -0.15) is 5.26 Å². The van der Waals surface area contributed by atoms with Gasteiger partial charge in [0.2, 0.25) is 11.0 Å². The molecule has 0 radical (unpaired) electrons. The molecule has 1 heterocycles. The number of hydrogen-bond donors (Lipinski definition) is 1. The van der Waals surface area contributed by atoms with Crippen molar-refractivity contribution in [2.45, 2.75) is 6.42 Å². The number of anilines is 1. The van der Waals surface area contributed by atoms with Crippen LogP contribution in [0.5, 0.6) is 0 Å². The molecule has 0 bridgehead atoms. The minimum atomic E-state index is -0.170. The van der Waals surface area contributed by atoms with Gasteiger partial charge in [0.1, 0.15) is 5.51 Å². The third-order valence-electron chi connectivity index (χ3n) is 2.03. The smallest absolute Gasteiger partial charge is 0.230 e. The van der Waals surface area contributed by atoms with Crippen molar-refractivity contribution < 1.29 is 4.79 Å². The summed E-state index contributed by atoms with van der Waals surface area (Å²) in [6.07, 6.45) is 0.217. The number of hydrogen-bond acceptors (Lipinski definition) is 5. The summed E-state index contributed by atoms with van der Waals surface area (Å²) < 4.78 is 0. The van der Waals surface area contributed by atoms with Crippen LogP contribution in [-0.4, -0.2) is 16.1 Å². The Bertz CT molecular complexity index is 559. The molecule has 17 heavy (non-hydrogen) atoms. The summed E-state index contributed by atoms with van der Waals surface area (Å²) in [6.45, 7) is 0. The number of benzene rings is 1. The molecule has 1 aromatic heterocycles. The van der Waals surface area contributed by atoms with Gasteiger partial charge in [0, 0.05) is 0 Å². The number of nitrogens with one attached hydrogen (secondary N) is 1. The van der Waals surface area contributed by atoms with Gasteiger partial charge < -0.3 is 5.32 Å². The second-order valence-corrected chi connectivity index (χ2v) is 4.11. The highest BCUT2D eigenvalue weighted by Gasteiger charge is 2.06. The largest absolute Gasteiger partial charge is 0.300 e. The van der Waals surface area contributed by atoms with Crippen molar-refractivity contribution in [1.82, 2.24) is 10.2 Å². The van der Waals surface area contributed by atoms with E-state index in [0.29, 0.717) is 10.7 Å². The first-order chi connectivity index (χ1) is 8.28. The second kappa shape index (κ2) is 5.18. The molecule has 84 valence electrons. The third-order valence-corrected chi connectivity index (χ3v) is 2.63. The molecule has 0 saturated heterocycles. The van der Waals surface area contributed by atoms with Crippen LogP contribution in [0.1, 0.15) is 11.1 Å². The summed E-state index contributed by atoms with van der Waals surface area (Å²) in [4.78, 5) is 11.6. The molecule has 0 aliphatic heterocycles. The summed E-state index contributed by atoms with van der Waals surface area (Å²) in [6, 6.07) is 8.99. The van der Waals surface area contributed by atoms with E-state index in [0.717, 1.165) is 5.56 Å². The molecule has 0 unspecified atom stereocenters. The van der Waals surface area contributed by atoms with Crippen molar-refractivity contribution in [3.63, 3.8) is 0 Å². The Morgan fingerprint density at radius 3 is 3.12 bits per heavy atom. The first-order valence-electron chi connectivity index (χ1n) is 4.83. The molecule has 5 nitrogen and oxygen atoms in total. The molecular formula is C11H8N4OS. The first kappa shape index (κ1) is 11.2. The molecule has 2 rings (SSSR count). The maximum Gasteiger partial charge on any atom is 0.230 e. The Balaban J connectivity index is 2.01. The maximum atomic E-state index is 11.6. The highest BCUT2D eigenvalue weighted by molar-refractivity contribution is 7.13. The lowest BCUT2D eigenvalue weighted by molar-refractivity contribution is -0.115. The Kier molecular flexibility index (Phi) is 3.43. The van der Waals surface area contributed by atoms with E-state index in [-0.39, 0.29) is 12.3 Å². The van der Waals surface area contributed by atoms with Gasteiger partial charge in [-0.3, -0.25) is 4.79 Å². The normalized spacial score (nSPS) is 9.59. The molecule has 1 N–H and O–H groups in total. The molecule has 0 atom stereocenters. The van der Waals surface area contributed by atoms with Crippen LogP contribution in [0, 0.1) is 11.3 Å². The Hall–Kier alpha value is -2.26. The summed E-state index contributed by atoms with van der Waals surface area (Å²) in [5.74, 6) is -0.170. The molecule has 1 aromatic carbocycles. The highest BCUT2D eigenvalue weighted by atomic mass is 32.1. The predicted octanol–water partition coefficient (Wildman–Crippen LogP) is 1.59. The van der Waals surface area contributed by atoms with Gasteiger partial charge in [-0.15, -0.1) is 10.2 Å². The Morgan fingerprint density at radius 1 is 1.53 bits per heavy atom. The summed E-state index contributed by atoms with van der Waals surface area (Å²) in [5.41, 5.74) is 2.89. The van der Waals surface area contributed by atoms with Crippen LogP contribution in [-0.2, 0) is 11.2 Å². The van der Waals surface area contributed by atoms with E-state index in [1.807, 2.05) is 6.07 Å². The van der Waals surface area contributed by atoms with Crippen LogP contribution < -0.4 is 5.32 Å². The van der Waals surface area contributed by atoms with Gasteiger partial charge in [0.05, 0.1) is 18.1 Å². The lowest BCUT2D eigenvalue weighted by Crippen LogP contribution is -2.14. The van der Waals surface area contributed by atoms with Gasteiger partial charge in [-0.05, 0) is 17.7 Å². The highest BCUT2D eigenvalue weighted by Crippen LogP contribution is 2.10. The van der Waals surface area contributed by atoms with E-state index in [4.69, 9.17) is 5.26 Å². The predicted molar refractivity (Wildman–Crippen MR) is 63.4 cm³/mol. The number of rotatable bonds is 3. The molecule has 2 aromatic rings. The van der Waals surface area contributed by atoms with E-state index in [1.165, 1.54) is 11.3 Å². The van der Waals surface area contributed by atoms with Crippen molar-refractivity contribution in [2.75, 3.05) is 5.32 Å². The van der Waals surface area contributed by atoms with E-state index in [9.17, 15) is 4.79 Å². The fraction of sp³-hybridized carbons (Fsp3) is 0.0909. The summed E-state index contributed by atoms with van der Waals surface area (Å²) >= 11 is 1.26. The average Bonchev–Trinajstić information content (AvgIpc) is 2.82. The van der Waals surface area contributed by atoms with Crippen molar-refractivity contribution in [3.05, 3.63) is 40.9 Å². The van der Waals surface area contributed by atoms with Crippen LogP contribution in [0.25, 0.3) is 0 Å². The number of nitrogens with zero attached hydrogens (tertiary/aromatic N) is 3. The Morgan fingerprint density at radius 2 is 2.41 bits per heavy atom. The monoisotopic (exact) mass is 244 g/mol. The van der Waals surface area contributed by atoms with Gasteiger partial charge in [0.15, 0.2) is 0 Å². The molecule has 0 aliphatic rings. The van der Waals surface area contributed by atoms with Crippen LogP contribution in [0.3, 0.4) is 0 Å². The third kappa shape index (κ3) is 3.09. The fourth-order valence-corrected chi connectivity index (χ4v) is 1.79.